The van der Waals surface area contributed by atoms with Crippen LogP contribution in [0.15, 0.2) is 23.2 Å². The van der Waals surface area contributed by atoms with Crippen molar-refractivity contribution in [1.29, 1.82) is 0 Å². The Morgan fingerprint density at radius 1 is 1.47 bits per heavy atom. The summed E-state index contributed by atoms with van der Waals surface area (Å²) in [6.07, 6.45) is 0. The fourth-order valence-corrected chi connectivity index (χ4v) is 2.78. The molecule has 0 unspecified atom stereocenters. The van der Waals surface area contributed by atoms with Crippen molar-refractivity contribution in [2.24, 2.45) is 10.7 Å². The Kier molecular flexibility index (Phi) is 4.90. The average molecular weight is 283 g/mol. The number of hydrogen-bond donors (Lipinski definition) is 1. The Morgan fingerprint density at radius 3 is 2.84 bits per heavy atom. The third kappa shape index (κ3) is 3.76. The van der Waals surface area contributed by atoms with Gasteiger partial charge in [-0.3, -0.25) is 0 Å². The van der Waals surface area contributed by atoms with E-state index in [2.05, 4.69) is 9.89 Å². The Bertz CT molecular complexity index is 461. The number of aliphatic imine (C=N–C) groups is 1. The third-order valence-electron chi connectivity index (χ3n) is 2.97. The lowest BCUT2D eigenvalue weighted by molar-refractivity contribution is 0.386. The van der Waals surface area contributed by atoms with Gasteiger partial charge in [0, 0.05) is 24.6 Å². The molecule has 0 aliphatic carbocycles. The first-order valence-electron chi connectivity index (χ1n) is 6.15. The number of methoxy groups -OCH3 is 1. The van der Waals surface area contributed by atoms with Crippen molar-refractivity contribution < 1.29 is 9.13 Å². The van der Waals surface area contributed by atoms with Gasteiger partial charge < -0.3 is 15.4 Å². The van der Waals surface area contributed by atoms with Crippen LogP contribution in [-0.4, -0.2) is 42.6 Å². The second-order valence-electron chi connectivity index (χ2n) is 4.24. The van der Waals surface area contributed by atoms with E-state index in [1.54, 1.807) is 12.1 Å². The predicted molar refractivity (Wildman–Crippen MR) is 77.2 cm³/mol. The van der Waals surface area contributed by atoms with Crippen molar-refractivity contribution in [3.8, 4) is 5.75 Å². The van der Waals surface area contributed by atoms with Gasteiger partial charge in [-0.2, -0.15) is 11.8 Å². The van der Waals surface area contributed by atoms with Gasteiger partial charge in [0.25, 0.3) is 0 Å². The molecule has 4 nitrogen and oxygen atoms in total. The van der Waals surface area contributed by atoms with Gasteiger partial charge >= 0.3 is 0 Å². The second kappa shape index (κ2) is 6.65. The molecule has 0 bridgehead atoms. The van der Waals surface area contributed by atoms with E-state index in [0.717, 1.165) is 30.2 Å². The minimum Gasteiger partial charge on any atom is -0.494 e. The molecule has 1 aromatic rings. The molecule has 1 fully saturated rings. The van der Waals surface area contributed by atoms with Crippen LogP contribution in [0.25, 0.3) is 0 Å². The highest BCUT2D eigenvalue weighted by atomic mass is 32.2. The zero-order valence-electron chi connectivity index (χ0n) is 10.9. The summed E-state index contributed by atoms with van der Waals surface area (Å²) in [4.78, 5) is 6.38. The number of halogens is 1. The summed E-state index contributed by atoms with van der Waals surface area (Å²) in [7, 11) is 1.45. The molecule has 6 heteroatoms. The molecule has 104 valence electrons. The van der Waals surface area contributed by atoms with Crippen molar-refractivity contribution >= 4 is 17.7 Å². The van der Waals surface area contributed by atoms with Crippen molar-refractivity contribution in [1.82, 2.24) is 4.90 Å². The topological polar surface area (TPSA) is 50.9 Å². The highest BCUT2D eigenvalue weighted by molar-refractivity contribution is 7.99. The van der Waals surface area contributed by atoms with E-state index in [0.29, 0.717) is 12.5 Å². The lowest BCUT2D eigenvalue weighted by atomic mass is 10.2. The van der Waals surface area contributed by atoms with Crippen LogP contribution < -0.4 is 10.5 Å². The number of rotatable bonds is 3. The number of nitrogens with zero attached hydrogens (tertiary/aromatic N) is 2. The molecule has 0 saturated carbocycles. The van der Waals surface area contributed by atoms with E-state index < -0.39 is 0 Å². The second-order valence-corrected chi connectivity index (χ2v) is 5.47. The molecule has 0 spiro atoms. The van der Waals surface area contributed by atoms with Gasteiger partial charge in [0.05, 0.1) is 13.7 Å². The molecule has 1 aliphatic heterocycles. The summed E-state index contributed by atoms with van der Waals surface area (Å²) in [5, 5.41) is 0. The van der Waals surface area contributed by atoms with Gasteiger partial charge in [-0.15, -0.1) is 0 Å². The Balaban J connectivity index is 1.98. The minimum absolute atomic E-state index is 0.244. The fraction of sp³-hybridized carbons (Fsp3) is 0.462. The van der Waals surface area contributed by atoms with Crippen LogP contribution in [0.5, 0.6) is 5.75 Å². The number of guanidine groups is 1. The zero-order valence-corrected chi connectivity index (χ0v) is 11.8. The van der Waals surface area contributed by atoms with Gasteiger partial charge in [0.1, 0.15) is 0 Å². The van der Waals surface area contributed by atoms with Gasteiger partial charge in [-0.1, -0.05) is 6.07 Å². The normalized spacial score (nSPS) is 16.5. The standard InChI is InChI=1S/C13H18FN3OS/c1-18-12-3-2-10(8-11(12)14)9-16-13(15)17-4-6-19-7-5-17/h2-3,8H,4-7,9H2,1H3,(H2,15,16). The van der Waals surface area contributed by atoms with Gasteiger partial charge in [0.2, 0.25) is 0 Å². The first kappa shape index (κ1) is 14.0. The molecule has 2 N–H and O–H groups in total. The Labute approximate surface area is 116 Å². The van der Waals surface area contributed by atoms with Crippen molar-refractivity contribution in [2.75, 3.05) is 31.7 Å². The number of nitrogens with two attached hydrogens (primary N) is 1. The minimum atomic E-state index is -0.372. The summed E-state index contributed by atoms with van der Waals surface area (Å²) >= 11 is 1.92. The van der Waals surface area contributed by atoms with Crippen LogP contribution in [0.1, 0.15) is 5.56 Å². The van der Waals surface area contributed by atoms with Gasteiger partial charge in [-0.25, -0.2) is 9.38 Å². The fourth-order valence-electron chi connectivity index (χ4n) is 1.87. The smallest absolute Gasteiger partial charge is 0.191 e. The van der Waals surface area contributed by atoms with Crippen LogP contribution in [-0.2, 0) is 6.54 Å². The van der Waals surface area contributed by atoms with Crippen LogP contribution in [0.4, 0.5) is 4.39 Å². The summed E-state index contributed by atoms with van der Waals surface area (Å²) < 4.78 is 18.4. The first-order chi connectivity index (χ1) is 9.20. The Morgan fingerprint density at radius 2 is 2.21 bits per heavy atom. The molecule has 0 radical (unpaired) electrons. The summed E-state index contributed by atoms with van der Waals surface area (Å²) in [6, 6.07) is 4.83. The largest absolute Gasteiger partial charge is 0.494 e. The van der Waals surface area contributed by atoms with E-state index in [9.17, 15) is 4.39 Å². The molecular formula is C13H18FN3OS. The molecule has 19 heavy (non-hydrogen) atoms. The maximum absolute atomic E-state index is 13.5. The summed E-state index contributed by atoms with van der Waals surface area (Å²) in [5.74, 6) is 2.56. The maximum Gasteiger partial charge on any atom is 0.191 e. The first-order valence-corrected chi connectivity index (χ1v) is 7.31. The SMILES string of the molecule is COc1ccc(CN=C(N)N2CCSCC2)cc1F. The van der Waals surface area contributed by atoms with Crippen LogP contribution in [0, 0.1) is 5.82 Å². The summed E-state index contributed by atoms with van der Waals surface area (Å²) in [5.41, 5.74) is 6.72. The lowest BCUT2D eigenvalue weighted by Gasteiger charge is -2.27. The van der Waals surface area contributed by atoms with E-state index >= 15 is 0 Å². The highest BCUT2D eigenvalue weighted by Gasteiger charge is 2.12. The molecule has 2 rings (SSSR count). The molecule has 1 saturated heterocycles. The molecule has 0 atom stereocenters. The highest BCUT2D eigenvalue weighted by Crippen LogP contribution is 2.18. The monoisotopic (exact) mass is 283 g/mol. The molecule has 0 amide bonds. The van der Waals surface area contributed by atoms with Crippen LogP contribution in [0.3, 0.4) is 0 Å². The molecule has 1 heterocycles. The van der Waals surface area contributed by atoms with Crippen molar-refractivity contribution in [2.45, 2.75) is 6.54 Å². The number of hydrogen-bond acceptors (Lipinski definition) is 3. The lowest BCUT2D eigenvalue weighted by Crippen LogP contribution is -2.42. The van der Waals surface area contributed by atoms with E-state index in [4.69, 9.17) is 10.5 Å². The quantitative estimate of drug-likeness (QED) is 0.677. The predicted octanol–water partition coefficient (Wildman–Crippen LogP) is 1.70. The van der Waals surface area contributed by atoms with Crippen LogP contribution >= 0.6 is 11.8 Å². The van der Waals surface area contributed by atoms with E-state index in [-0.39, 0.29) is 11.6 Å². The number of ether oxygens (including phenoxy) is 1. The molecule has 0 aromatic heterocycles. The van der Waals surface area contributed by atoms with Gasteiger partial charge in [0.15, 0.2) is 17.5 Å². The van der Waals surface area contributed by atoms with Crippen molar-refractivity contribution in [3.63, 3.8) is 0 Å². The average Bonchev–Trinajstić information content (AvgIpc) is 2.46. The Hall–Kier alpha value is -1.43. The van der Waals surface area contributed by atoms with E-state index in [1.807, 2.05) is 11.8 Å². The number of benzene rings is 1. The van der Waals surface area contributed by atoms with Crippen molar-refractivity contribution in [3.05, 3.63) is 29.6 Å². The molecule has 1 aliphatic rings. The number of thioether (sulfide) groups is 1. The molecular weight excluding hydrogens is 265 g/mol. The van der Waals surface area contributed by atoms with Crippen LogP contribution in [0.2, 0.25) is 0 Å². The summed E-state index contributed by atoms with van der Waals surface area (Å²) in [6.45, 7) is 2.24. The zero-order chi connectivity index (χ0) is 13.7. The van der Waals surface area contributed by atoms with E-state index in [1.165, 1.54) is 13.2 Å². The molecule has 1 aromatic carbocycles. The third-order valence-corrected chi connectivity index (χ3v) is 3.92. The van der Waals surface area contributed by atoms with Gasteiger partial charge in [-0.05, 0) is 17.7 Å². The maximum atomic E-state index is 13.5.